The lowest BCUT2D eigenvalue weighted by molar-refractivity contribution is 0.219. The van der Waals surface area contributed by atoms with Crippen molar-refractivity contribution >= 4 is 11.6 Å². The van der Waals surface area contributed by atoms with Gasteiger partial charge in [-0.3, -0.25) is 4.98 Å². The number of hydrogen-bond acceptors (Lipinski definition) is 2. The van der Waals surface area contributed by atoms with Gasteiger partial charge in [0.2, 0.25) is 0 Å². The summed E-state index contributed by atoms with van der Waals surface area (Å²) < 4.78 is 26.1. The number of aromatic nitrogens is 1. The van der Waals surface area contributed by atoms with Crippen LogP contribution in [0.2, 0.25) is 5.02 Å². The lowest BCUT2D eigenvalue weighted by Gasteiger charge is -2.11. The molecule has 0 radical (unpaired) electrons. The number of aliphatic hydroxyl groups excluding tert-OH is 1. The fourth-order valence-corrected chi connectivity index (χ4v) is 1.57. The second-order valence-corrected chi connectivity index (χ2v) is 3.92. The van der Waals surface area contributed by atoms with Crippen molar-refractivity contribution in [3.8, 4) is 0 Å². The summed E-state index contributed by atoms with van der Waals surface area (Å²) in [6.45, 7) is 0. The third kappa shape index (κ3) is 2.60. The van der Waals surface area contributed by atoms with E-state index < -0.39 is 17.7 Å². The maximum Gasteiger partial charge on any atom is 0.142 e. The molecule has 17 heavy (non-hydrogen) atoms. The molecule has 0 aliphatic rings. The third-order valence-corrected chi connectivity index (χ3v) is 2.61. The minimum atomic E-state index is -1.13. The minimum absolute atomic E-state index is 0.0293. The molecule has 2 aromatic rings. The fourth-order valence-electron chi connectivity index (χ4n) is 1.45. The summed E-state index contributed by atoms with van der Waals surface area (Å²) in [4.78, 5) is 3.62. The highest BCUT2D eigenvalue weighted by atomic mass is 35.5. The lowest BCUT2D eigenvalue weighted by Crippen LogP contribution is -2.01. The van der Waals surface area contributed by atoms with Crippen molar-refractivity contribution in [2.75, 3.05) is 0 Å². The van der Waals surface area contributed by atoms with Crippen molar-refractivity contribution in [2.45, 2.75) is 6.10 Å². The van der Waals surface area contributed by atoms with E-state index in [1.54, 1.807) is 0 Å². The van der Waals surface area contributed by atoms with Gasteiger partial charge in [0.05, 0.1) is 11.2 Å². The molecular weight excluding hydrogens is 248 g/mol. The molecule has 0 amide bonds. The van der Waals surface area contributed by atoms with Crippen LogP contribution in [0.25, 0.3) is 0 Å². The molecule has 1 N–H and O–H groups in total. The van der Waals surface area contributed by atoms with E-state index in [2.05, 4.69) is 4.98 Å². The van der Waals surface area contributed by atoms with Gasteiger partial charge >= 0.3 is 0 Å². The van der Waals surface area contributed by atoms with Crippen LogP contribution in [0, 0.1) is 11.6 Å². The zero-order chi connectivity index (χ0) is 12.4. The molecule has 0 spiro atoms. The molecule has 1 aromatic carbocycles. The van der Waals surface area contributed by atoms with E-state index in [0.717, 1.165) is 18.3 Å². The number of rotatable bonds is 2. The molecule has 0 saturated carbocycles. The van der Waals surface area contributed by atoms with Crippen LogP contribution in [0.3, 0.4) is 0 Å². The van der Waals surface area contributed by atoms with Crippen LogP contribution in [0.15, 0.2) is 36.7 Å². The van der Waals surface area contributed by atoms with Crippen LogP contribution in [0.4, 0.5) is 8.78 Å². The first-order valence-electron chi connectivity index (χ1n) is 4.81. The zero-order valence-electron chi connectivity index (χ0n) is 8.57. The van der Waals surface area contributed by atoms with Crippen LogP contribution < -0.4 is 0 Å². The van der Waals surface area contributed by atoms with Crippen molar-refractivity contribution in [3.05, 3.63) is 64.4 Å². The molecule has 88 valence electrons. The number of nitrogens with zero attached hydrogens (tertiary/aromatic N) is 1. The van der Waals surface area contributed by atoms with Gasteiger partial charge in [-0.1, -0.05) is 17.7 Å². The molecular formula is C12H8ClF2NO. The maximum atomic E-state index is 13.2. The largest absolute Gasteiger partial charge is 0.384 e. The molecule has 0 fully saturated rings. The first-order valence-corrected chi connectivity index (χ1v) is 5.19. The van der Waals surface area contributed by atoms with E-state index in [-0.39, 0.29) is 10.6 Å². The Balaban J connectivity index is 2.36. The number of pyridine rings is 1. The van der Waals surface area contributed by atoms with Crippen LogP contribution in [0.1, 0.15) is 17.2 Å². The summed E-state index contributed by atoms with van der Waals surface area (Å²) in [5.41, 5.74) is 0.547. The van der Waals surface area contributed by atoms with E-state index in [1.807, 2.05) is 0 Å². The summed E-state index contributed by atoms with van der Waals surface area (Å²) >= 11 is 5.53. The normalized spacial score (nSPS) is 12.5. The number of halogens is 3. The highest BCUT2D eigenvalue weighted by Crippen LogP contribution is 2.25. The molecule has 1 aromatic heterocycles. The highest BCUT2D eigenvalue weighted by Gasteiger charge is 2.13. The van der Waals surface area contributed by atoms with E-state index in [9.17, 15) is 13.9 Å². The zero-order valence-corrected chi connectivity index (χ0v) is 9.33. The van der Waals surface area contributed by atoms with Gasteiger partial charge < -0.3 is 5.11 Å². The predicted octanol–water partition coefficient (Wildman–Crippen LogP) is 3.09. The molecule has 1 unspecified atom stereocenters. The third-order valence-electron chi connectivity index (χ3n) is 2.30. The SMILES string of the molecule is OC(c1cncc(F)c1)c1ccc(Cl)c(F)c1. The molecule has 0 aliphatic heterocycles. The van der Waals surface area contributed by atoms with Crippen LogP contribution in [-0.2, 0) is 0 Å². The fraction of sp³-hybridized carbons (Fsp3) is 0.0833. The van der Waals surface area contributed by atoms with Gasteiger partial charge in [0.1, 0.15) is 17.7 Å². The molecule has 2 nitrogen and oxygen atoms in total. The second kappa shape index (κ2) is 4.77. The Labute approximate surface area is 102 Å². The monoisotopic (exact) mass is 255 g/mol. The van der Waals surface area contributed by atoms with Crippen molar-refractivity contribution in [3.63, 3.8) is 0 Å². The topological polar surface area (TPSA) is 33.1 Å². The summed E-state index contributed by atoms with van der Waals surface area (Å²) in [7, 11) is 0. The molecule has 1 heterocycles. The summed E-state index contributed by atoms with van der Waals surface area (Å²) in [6.07, 6.45) is 1.21. The second-order valence-electron chi connectivity index (χ2n) is 3.51. The van der Waals surface area contributed by atoms with Gasteiger partial charge in [-0.05, 0) is 23.8 Å². The van der Waals surface area contributed by atoms with E-state index in [1.165, 1.54) is 18.3 Å². The summed E-state index contributed by atoms with van der Waals surface area (Å²) in [5, 5.41) is 9.89. The first-order chi connectivity index (χ1) is 8.08. The van der Waals surface area contributed by atoms with Gasteiger partial charge in [0.25, 0.3) is 0 Å². The molecule has 0 aliphatic carbocycles. The van der Waals surface area contributed by atoms with E-state index in [0.29, 0.717) is 5.56 Å². The molecule has 0 bridgehead atoms. The van der Waals surface area contributed by atoms with Crippen LogP contribution >= 0.6 is 11.6 Å². The average molecular weight is 256 g/mol. The summed E-state index contributed by atoms with van der Waals surface area (Å²) in [6, 6.07) is 5.06. The quantitative estimate of drug-likeness (QED) is 0.895. The standard InChI is InChI=1S/C12H8ClF2NO/c13-10-2-1-7(4-11(10)15)12(17)8-3-9(14)6-16-5-8/h1-6,12,17H. The minimum Gasteiger partial charge on any atom is -0.384 e. The van der Waals surface area contributed by atoms with Gasteiger partial charge in [0, 0.05) is 11.8 Å². The van der Waals surface area contributed by atoms with Crippen molar-refractivity contribution in [2.24, 2.45) is 0 Å². The van der Waals surface area contributed by atoms with Gasteiger partial charge in [-0.15, -0.1) is 0 Å². The molecule has 0 saturated heterocycles. The Hall–Kier alpha value is -1.52. The van der Waals surface area contributed by atoms with Gasteiger partial charge in [0.15, 0.2) is 0 Å². The van der Waals surface area contributed by atoms with Gasteiger partial charge in [-0.25, -0.2) is 8.78 Å². The Morgan fingerprint density at radius 1 is 1.12 bits per heavy atom. The Kier molecular flexibility index (Phi) is 3.36. The molecule has 2 rings (SSSR count). The van der Waals surface area contributed by atoms with Crippen LogP contribution in [0.5, 0.6) is 0 Å². The maximum absolute atomic E-state index is 13.2. The summed E-state index contributed by atoms with van der Waals surface area (Å²) in [5.74, 6) is -1.19. The highest BCUT2D eigenvalue weighted by molar-refractivity contribution is 6.30. The first kappa shape index (κ1) is 12.0. The number of hydrogen-bond donors (Lipinski definition) is 1. The molecule has 1 atom stereocenters. The Bertz CT molecular complexity index is 548. The smallest absolute Gasteiger partial charge is 0.142 e. The number of benzene rings is 1. The van der Waals surface area contributed by atoms with Gasteiger partial charge in [-0.2, -0.15) is 0 Å². The molecule has 5 heteroatoms. The lowest BCUT2D eigenvalue weighted by atomic mass is 10.0. The Morgan fingerprint density at radius 3 is 2.53 bits per heavy atom. The number of aliphatic hydroxyl groups is 1. The van der Waals surface area contributed by atoms with Crippen molar-refractivity contribution in [1.82, 2.24) is 4.98 Å². The predicted molar refractivity (Wildman–Crippen MR) is 59.7 cm³/mol. The van der Waals surface area contributed by atoms with E-state index >= 15 is 0 Å². The average Bonchev–Trinajstić information content (AvgIpc) is 2.32. The van der Waals surface area contributed by atoms with Crippen molar-refractivity contribution in [1.29, 1.82) is 0 Å². The van der Waals surface area contributed by atoms with Crippen LogP contribution in [-0.4, -0.2) is 10.1 Å². The van der Waals surface area contributed by atoms with Crippen molar-refractivity contribution < 1.29 is 13.9 Å². The van der Waals surface area contributed by atoms with E-state index in [4.69, 9.17) is 11.6 Å². The Morgan fingerprint density at radius 2 is 1.88 bits per heavy atom.